The number of ether oxygens (including phenoxy) is 1. The Hall–Kier alpha value is -1.13. The molecule has 0 aliphatic heterocycles. The van der Waals surface area contributed by atoms with Crippen molar-refractivity contribution in [2.24, 2.45) is 0 Å². The molecule has 120 valence electrons. The molecule has 0 amide bonds. The first-order valence-corrected chi connectivity index (χ1v) is 7.89. The van der Waals surface area contributed by atoms with Crippen molar-refractivity contribution in [1.29, 1.82) is 0 Å². The van der Waals surface area contributed by atoms with Crippen molar-refractivity contribution < 1.29 is 9.13 Å². The lowest BCUT2D eigenvalue weighted by Crippen LogP contribution is -2.37. The van der Waals surface area contributed by atoms with Crippen LogP contribution in [0.25, 0.3) is 0 Å². The molecular weight excluding hydrogens is 267 g/mol. The summed E-state index contributed by atoms with van der Waals surface area (Å²) in [7, 11) is 1.68. The number of rotatable bonds is 10. The van der Waals surface area contributed by atoms with E-state index < -0.39 is 0 Å². The van der Waals surface area contributed by atoms with E-state index in [9.17, 15) is 4.39 Å². The minimum absolute atomic E-state index is 0.151. The van der Waals surface area contributed by atoms with Gasteiger partial charge in [0.25, 0.3) is 0 Å². The fourth-order valence-electron chi connectivity index (χ4n) is 2.39. The monoisotopic (exact) mass is 296 g/mol. The minimum Gasteiger partial charge on any atom is -0.383 e. The molecule has 0 aliphatic rings. The van der Waals surface area contributed by atoms with Gasteiger partial charge >= 0.3 is 0 Å². The molecule has 0 aliphatic carbocycles. The van der Waals surface area contributed by atoms with Crippen molar-refractivity contribution in [3.8, 4) is 0 Å². The molecule has 0 spiro atoms. The van der Waals surface area contributed by atoms with Gasteiger partial charge in [0.15, 0.2) is 0 Å². The fourth-order valence-corrected chi connectivity index (χ4v) is 2.39. The van der Waals surface area contributed by atoms with Crippen LogP contribution in [0.1, 0.15) is 39.2 Å². The average molecular weight is 296 g/mol. The number of nitrogens with one attached hydrogen (secondary N) is 1. The molecule has 1 atom stereocenters. The minimum atomic E-state index is -0.151. The van der Waals surface area contributed by atoms with E-state index in [1.807, 2.05) is 6.07 Å². The Balaban J connectivity index is 3.03. The van der Waals surface area contributed by atoms with Gasteiger partial charge in [0.1, 0.15) is 5.82 Å². The summed E-state index contributed by atoms with van der Waals surface area (Å²) in [6.45, 7) is 9.32. The Morgan fingerprint density at radius 1 is 1.33 bits per heavy atom. The highest BCUT2D eigenvalue weighted by molar-refractivity contribution is 5.55. The van der Waals surface area contributed by atoms with Gasteiger partial charge in [-0.15, -0.1) is 0 Å². The topological polar surface area (TPSA) is 24.5 Å². The third-order valence-corrected chi connectivity index (χ3v) is 3.76. The van der Waals surface area contributed by atoms with E-state index in [4.69, 9.17) is 4.74 Å². The summed E-state index contributed by atoms with van der Waals surface area (Å²) in [6, 6.07) is 5.61. The SMILES string of the molecule is CCCNCc1cccc(F)c1N(CCOC)C(C)CC. The van der Waals surface area contributed by atoms with Gasteiger partial charge < -0.3 is 15.0 Å². The van der Waals surface area contributed by atoms with Crippen molar-refractivity contribution in [2.45, 2.75) is 46.2 Å². The highest BCUT2D eigenvalue weighted by Gasteiger charge is 2.19. The summed E-state index contributed by atoms with van der Waals surface area (Å²) in [5.74, 6) is -0.151. The van der Waals surface area contributed by atoms with Crippen LogP contribution in [-0.4, -0.2) is 32.8 Å². The zero-order valence-electron chi connectivity index (χ0n) is 13.8. The zero-order chi connectivity index (χ0) is 15.7. The molecular formula is C17H29FN2O. The number of methoxy groups -OCH3 is 1. The molecule has 0 aromatic heterocycles. The van der Waals surface area contributed by atoms with Crippen LogP contribution in [0, 0.1) is 5.82 Å². The smallest absolute Gasteiger partial charge is 0.146 e. The van der Waals surface area contributed by atoms with Gasteiger partial charge in [-0.3, -0.25) is 0 Å². The van der Waals surface area contributed by atoms with E-state index in [2.05, 4.69) is 31.0 Å². The summed E-state index contributed by atoms with van der Waals surface area (Å²) in [5.41, 5.74) is 1.73. The highest BCUT2D eigenvalue weighted by atomic mass is 19.1. The molecule has 1 aromatic rings. The normalized spacial score (nSPS) is 12.4. The predicted octanol–water partition coefficient (Wildman–Crippen LogP) is 3.58. The van der Waals surface area contributed by atoms with Crippen LogP contribution < -0.4 is 10.2 Å². The molecule has 0 saturated heterocycles. The predicted molar refractivity (Wildman–Crippen MR) is 87.4 cm³/mol. The van der Waals surface area contributed by atoms with Crippen LogP contribution in [-0.2, 0) is 11.3 Å². The Morgan fingerprint density at radius 3 is 2.71 bits per heavy atom. The quantitative estimate of drug-likeness (QED) is 0.668. The Labute approximate surface area is 128 Å². The Morgan fingerprint density at radius 2 is 2.10 bits per heavy atom. The Bertz CT molecular complexity index is 412. The molecule has 4 heteroatoms. The number of nitrogens with zero attached hydrogens (tertiary/aromatic N) is 1. The summed E-state index contributed by atoms with van der Waals surface area (Å²) in [4.78, 5) is 2.13. The van der Waals surface area contributed by atoms with E-state index >= 15 is 0 Å². The number of hydrogen-bond donors (Lipinski definition) is 1. The molecule has 1 aromatic carbocycles. The molecule has 1 unspecified atom stereocenters. The van der Waals surface area contributed by atoms with Crippen LogP contribution in [0.2, 0.25) is 0 Å². The van der Waals surface area contributed by atoms with Crippen LogP contribution in [0.4, 0.5) is 10.1 Å². The lowest BCUT2D eigenvalue weighted by molar-refractivity contribution is 0.203. The Kier molecular flexibility index (Phi) is 8.31. The van der Waals surface area contributed by atoms with Gasteiger partial charge in [-0.2, -0.15) is 0 Å². The standard InChI is InChI=1S/C17H29FN2O/c1-5-10-19-13-15-8-7-9-16(18)17(15)20(11-12-21-4)14(3)6-2/h7-9,14,19H,5-6,10-13H2,1-4H3. The molecule has 1 N–H and O–H groups in total. The maximum atomic E-state index is 14.4. The fraction of sp³-hybridized carbons (Fsp3) is 0.647. The first-order chi connectivity index (χ1) is 10.2. The van der Waals surface area contributed by atoms with Gasteiger partial charge in [-0.05, 0) is 37.9 Å². The number of benzene rings is 1. The first kappa shape index (κ1) is 17.9. The largest absolute Gasteiger partial charge is 0.383 e. The third kappa shape index (κ3) is 5.29. The molecule has 0 heterocycles. The zero-order valence-corrected chi connectivity index (χ0v) is 13.8. The number of anilines is 1. The van der Waals surface area contributed by atoms with E-state index in [-0.39, 0.29) is 11.9 Å². The summed E-state index contributed by atoms with van der Waals surface area (Å²) in [5, 5.41) is 3.36. The van der Waals surface area contributed by atoms with Crippen molar-refractivity contribution in [3.63, 3.8) is 0 Å². The van der Waals surface area contributed by atoms with Crippen LogP contribution in [0.3, 0.4) is 0 Å². The van der Waals surface area contributed by atoms with E-state index in [1.165, 1.54) is 0 Å². The van der Waals surface area contributed by atoms with Crippen molar-refractivity contribution in [2.75, 3.05) is 31.7 Å². The van der Waals surface area contributed by atoms with Crippen LogP contribution >= 0.6 is 0 Å². The molecule has 21 heavy (non-hydrogen) atoms. The van der Waals surface area contributed by atoms with Crippen LogP contribution in [0.15, 0.2) is 18.2 Å². The van der Waals surface area contributed by atoms with Gasteiger partial charge in [-0.25, -0.2) is 4.39 Å². The maximum Gasteiger partial charge on any atom is 0.146 e. The van der Waals surface area contributed by atoms with Crippen molar-refractivity contribution in [1.82, 2.24) is 5.32 Å². The van der Waals surface area contributed by atoms with Gasteiger partial charge in [-0.1, -0.05) is 26.0 Å². The van der Waals surface area contributed by atoms with Gasteiger partial charge in [0.2, 0.25) is 0 Å². The van der Waals surface area contributed by atoms with Crippen LogP contribution in [0.5, 0.6) is 0 Å². The highest BCUT2D eigenvalue weighted by Crippen LogP contribution is 2.27. The number of para-hydroxylation sites is 1. The summed E-state index contributed by atoms with van der Waals surface area (Å²) < 4.78 is 19.6. The van der Waals surface area contributed by atoms with Gasteiger partial charge in [0.05, 0.1) is 12.3 Å². The third-order valence-electron chi connectivity index (χ3n) is 3.76. The van der Waals surface area contributed by atoms with Crippen molar-refractivity contribution >= 4 is 5.69 Å². The van der Waals surface area contributed by atoms with E-state index in [0.717, 1.165) is 24.9 Å². The molecule has 1 rings (SSSR count). The average Bonchev–Trinajstić information content (AvgIpc) is 2.49. The summed E-state index contributed by atoms with van der Waals surface area (Å²) in [6.07, 6.45) is 2.04. The number of halogens is 1. The van der Waals surface area contributed by atoms with E-state index in [0.29, 0.717) is 25.4 Å². The summed E-state index contributed by atoms with van der Waals surface area (Å²) >= 11 is 0. The second kappa shape index (κ2) is 9.74. The maximum absolute atomic E-state index is 14.4. The first-order valence-electron chi connectivity index (χ1n) is 7.89. The molecule has 0 radical (unpaired) electrons. The second-order valence-corrected chi connectivity index (χ2v) is 5.37. The molecule has 0 fully saturated rings. The second-order valence-electron chi connectivity index (χ2n) is 5.37. The lowest BCUT2D eigenvalue weighted by atomic mass is 10.1. The molecule has 0 bridgehead atoms. The van der Waals surface area contributed by atoms with Gasteiger partial charge in [0, 0.05) is 26.2 Å². The molecule has 3 nitrogen and oxygen atoms in total. The number of hydrogen-bond acceptors (Lipinski definition) is 3. The lowest BCUT2D eigenvalue weighted by Gasteiger charge is -2.32. The molecule has 0 saturated carbocycles. The van der Waals surface area contributed by atoms with E-state index in [1.54, 1.807) is 19.2 Å². The van der Waals surface area contributed by atoms with Crippen molar-refractivity contribution in [3.05, 3.63) is 29.6 Å².